The number of ether oxygens (including phenoxy) is 1. The van der Waals surface area contributed by atoms with E-state index in [1.165, 1.54) is 43.4 Å². The van der Waals surface area contributed by atoms with Crippen LogP contribution >= 0.6 is 0 Å². The van der Waals surface area contributed by atoms with Crippen LogP contribution in [0.2, 0.25) is 0 Å². The Labute approximate surface area is 146 Å². The standard InChI is InChI=1S/C19H22FN3O2/c1-22(19(24)25-2)18-14-9-12(20)6-7-16(14)21-17-10-13-5-3-4-8-23(13)11-15(17)18/h6-7,9,13H,3-5,8,10-11H2,1-2H3. The number of amides is 1. The number of halogens is 1. The van der Waals surface area contributed by atoms with Gasteiger partial charge < -0.3 is 4.74 Å². The van der Waals surface area contributed by atoms with E-state index in [4.69, 9.17) is 9.72 Å². The van der Waals surface area contributed by atoms with Gasteiger partial charge in [0.05, 0.1) is 18.3 Å². The van der Waals surface area contributed by atoms with E-state index in [2.05, 4.69) is 4.90 Å². The van der Waals surface area contributed by atoms with Crippen molar-refractivity contribution in [3.8, 4) is 0 Å². The van der Waals surface area contributed by atoms with Crippen LogP contribution in [0, 0.1) is 5.82 Å². The first kappa shape index (κ1) is 16.3. The van der Waals surface area contributed by atoms with Gasteiger partial charge in [-0.25, -0.2) is 9.18 Å². The summed E-state index contributed by atoms with van der Waals surface area (Å²) in [5, 5.41) is 0.655. The second-order valence-electron chi connectivity index (χ2n) is 6.90. The van der Waals surface area contributed by atoms with E-state index >= 15 is 0 Å². The number of carbonyl (C=O) groups excluding carboxylic acids is 1. The first-order valence-electron chi connectivity index (χ1n) is 8.75. The van der Waals surface area contributed by atoms with Crippen molar-refractivity contribution < 1.29 is 13.9 Å². The maximum Gasteiger partial charge on any atom is 0.413 e. The van der Waals surface area contributed by atoms with E-state index in [0.29, 0.717) is 11.4 Å². The quantitative estimate of drug-likeness (QED) is 0.795. The topological polar surface area (TPSA) is 45.7 Å². The van der Waals surface area contributed by atoms with Gasteiger partial charge in [0.15, 0.2) is 0 Å². The Morgan fingerprint density at radius 1 is 1.40 bits per heavy atom. The normalized spacial score (nSPS) is 20.0. The predicted molar refractivity (Wildman–Crippen MR) is 94.3 cm³/mol. The van der Waals surface area contributed by atoms with Crippen molar-refractivity contribution in [1.82, 2.24) is 9.88 Å². The molecule has 6 heteroatoms. The molecular formula is C19H22FN3O2. The summed E-state index contributed by atoms with van der Waals surface area (Å²) in [6, 6.07) is 5.08. The van der Waals surface area contributed by atoms with Crippen LogP contribution in [0.5, 0.6) is 0 Å². The molecule has 0 N–H and O–H groups in total. The highest BCUT2D eigenvalue weighted by atomic mass is 19.1. The minimum absolute atomic E-state index is 0.333. The van der Waals surface area contributed by atoms with Crippen molar-refractivity contribution in [2.75, 3.05) is 25.6 Å². The molecular weight excluding hydrogens is 321 g/mol. The monoisotopic (exact) mass is 343 g/mol. The zero-order valence-electron chi connectivity index (χ0n) is 14.6. The molecule has 2 aliphatic rings. The van der Waals surface area contributed by atoms with E-state index in [0.717, 1.165) is 42.0 Å². The summed E-state index contributed by atoms with van der Waals surface area (Å²) in [6.07, 6.45) is 4.06. The number of carbonyl (C=O) groups is 1. The molecule has 25 heavy (non-hydrogen) atoms. The van der Waals surface area contributed by atoms with Crippen LogP contribution in [0.3, 0.4) is 0 Å². The zero-order chi connectivity index (χ0) is 17.6. The number of piperidine rings is 1. The van der Waals surface area contributed by atoms with E-state index in [-0.39, 0.29) is 5.82 Å². The van der Waals surface area contributed by atoms with Crippen molar-refractivity contribution in [3.63, 3.8) is 0 Å². The Hall–Kier alpha value is -2.21. The third kappa shape index (κ3) is 2.74. The maximum absolute atomic E-state index is 13.9. The second-order valence-corrected chi connectivity index (χ2v) is 6.90. The van der Waals surface area contributed by atoms with Gasteiger partial charge >= 0.3 is 6.09 Å². The molecule has 1 aromatic carbocycles. The molecule has 2 aromatic rings. The molecule has 0 radical (unpaired) electrons. The average molecular weight is 343 g/mol. The minimum Gasteiger partial charge on any atom is -0.452 e. The van der Waals surface area contributed by atoms with Crippen molar-refractivity contribution in [2.45, 2.75) is 38.3 Å². The molecule has 1 atom stereocenters. The number of pyridine rings is 1. The van der Waals surface area contributed by atoms with E-state index < -0.39 is 6.09 Å². The number of methoxy groups -OCH3 is 1. The van der Waals surface area contributed by atoms with Crippen molar-refractivity contribution in [1.29, 1.82) is 0 Å². The molecule has 5 nitrogen and oxygen atoms in total. The van der Waals surface area contributed by atoms with Gasteiger partial charge in [-0.1, -0.05) is 6.42 Å². The van der Waals surface area contributed by atoms with Crippen LogP contribution in [0.1, 0.15) is 30.5 Å². The molecule has 4 rings (SSSR count). The van der Waals surface area contributed by atoms with E-state index in [9.17, 15) is 9.18 Å². The van der Waals surface area contributed by atoms with Crippen LogP contribution in [0.4, 0.5) is 14.9 Å². The van der Waals surface area contributed by atoms with Crippen LogP contribution in [-0.4, -0.2) is 42.7 Å². The molecule has 0 spiro atoms. The zero-order valence-corrected chi connectivity index (χ0v) is 14.6. The molecule has 0 saturated carbocycles. The number of nitrogens with zero attached hydrogens (tertiary/aromatic N) is 3. The Balaban J connectivity index is 1.92. The summed E-state index contributed by atoms with van der Waals surface area (Å²) in [5.41, 5.74) is 3.47. The number of fused-ring (bicyclic) bond motifs is 3. The smallest absolute Gasteiger partial charge is 0.413 e. The summed E-state index contributed by atoms with van der Waals surface area (Å²) in [4.78, 5) is 20.9. The van der Waals surface area contributed by atoms with Crippen LogP contribution in [0.15, 0.2) is 18.2 Å². The van der Waals surface area contributed by atoms with E-state index in [1.807, 2.05) is 0 Å². The summed E-state index contributed by atoms with van der Waals surface area (Å²) in [5.74, 6) is -0.333. The molecule has 132 valence electrons. The highest BCUT2D eigenvalue weighted by Gasteiger charge is 2.33. The molecule has 2 aliphatic heterocycles. The van der Waals surface area contributed by atoms with Gasteiger partial charge in [-0.05, 0) is 37.6 Å². The predicted octanol–water partition coefficient (Wildman–Crippen LogP) is 3.49. The first-order valence-corrected chi connectivity index (χ1v) is 8.75. The van der Waals surface area contributed by atoms with Gasteiger partial charge in [-0.2, -0.15) is 0 Å². The lowest BCUT2D eigenvalue weighted by Crippen LogP contribution is -2.44. The fourth-order valence-electron chi connectivity index (χ4n) is 4.18. The number of rotatable bonds is 1. The molecule has 1 aromatic heterocycles. The van der Waals surface area contributed by atoms with Gasteiger partial charge in [0.25, 0.3) is 0 Å². The summed E-state index contributed by atoms with van der Waals surface area (Å²) >= 11 is 0. The maximum atomic E-state index is 13.9. The summed E-state index contributed by atoms with van der Waals surface area (Å²) < 4.78 is 18.8. The van der Waals surface area contributed by atoms with Gasteiger partial charge in [-0.3, -0.25) is 14.8 Å². The third-order valence-corrected chi connectivity index (χ3v) is 5.43. The lowest BCUT2D eigenvalue weighted by atomic mass is 9.89. The van der Waals surface area contributed by atoms with Crippen LogP contribution < -0.4 is 4.90 Å². The number of aromatic nitrogens is 1. The van der Waals surface area contributed by atoms with Crippen molar-refractivity contribution in [2.24, 2.45) is 0 Å². The molecule has 1 amide bonds. The van der Waals surface area contributed by atoms with Gasteiger partial charge in [0, 0.05) is 42.7 Å². The molecule has 0 aliphatic carbocycles. The SMILES string of the molecule is COC(=O)N(C)c1c2c(nc3ccc(F)cc13)CC1CCCCN1C2. The first-order chi connectivity index (χ1) is 12.1. The minimum atomic E-state index is -0.459. The average Bonchev–Trinajstić information content (AvgIpc) is 2.63. The Kier molecular flexibility index (Phi) is 4.07. The summed E-state index contributed by atoms with van der Waals surface area (Å²) in [6.45, 7) is 1.81. The van der Waals surface area contributed by atoms with Gasteiger partial charge in [-0.15, -0.1) is 0 Å². The fraction of sp³-hybridized carbons (Fsp3) is 0.474. The Bertz CT molecular complexity index is 839. The molecule has 1 saturated heterocycles. The molecule has 1 fully saturated rings. The van der Waals surface area contributed by atoms with Crippen molar-refractivity contribution in [3.05, 3.63) is 35.3 Å². The lowest BCUT2D eigenvalue weighted by molar-refractivity contribution is 0.126. The fourth-order valence-corrected chi connectivity index (χ4v) is 4.18. The second kappa shape index (κ2) is 6.26. The van der Waals surface area contributed by atoms with E-state index in [1.54, 1.807) is 13.1 Å². The van der Waals surface area contributed by atoms with Crippen molar-refractivity contribution >= 4 is 22.7 Å². The Morgan fingerprint density at radius 2 is 2.24 bits per heavy atom. The number of hydrogen-bond donors (Lipinski definition) is 0. The molecule has 3 heterocycles. The highest BCUT2D eigenvalue weighted by molar-refractivity contribution is 6.01. The third-order valence-electron chi connectivity index (χ3n) is 5.43. The Morgan fingerprint density at radius 3 is 3.04 bits per heavy atom. The van der Waals surface area contributed by atoms with Crippen LogP contribution in [0.25, 0.3) is 10.9 Å². The highest BCUT2D eigenvalue weighted by Crippen LogP contribution is 2.38. The largest absolute Gasteiger partial charge is 0.452 e. The van der Waals surface area contributed by atoms with Gasteiger partial charge in [0.1, 0.15) is 5.82 Å². The molecule has 1 unspecified atom stereocenters. The number of hydrogen-bond acceptors (Lipinski definition) is 4. The summed E-state index contributed by atoms with van der Waals surface area (Å²) in [7, 11) is 3.03. The number of anilines is 1. The number of benzene rings is 1. The molecule has 0 bridgehead atoms. The van der Waals surface area contributed by atoms with Crippen LogP contribution in [-0.2, 0) is 17.7 Å². The lowest BCUT2D eigenvalue weighted by Gasteiger charge is -2.41. The van der Waals surface area contributed by atoms with Gasteiger partial charge in [0.2, 0.25) is 0 Å².